The molecule has 0 radical (unpaired) electrons. The van der Waals surface area contributed by atoms with Crippen LogP contribution in [0.25, 0.3) is 0 Å². The third-order valence-corrected chi connectivity index (χ3v) is 4.31. The highest BCUT2D eigenvalue weighted by molar-refractivity contribution is 7.14. The van der Waals surface area contributed by atoms with Crippen molar-refractivity contribution < 1.29 is 18.0 Å². The van der Waals surface area contributed by atoms with E-state index in [9.17, 15) is 23.2 Å². The third-order valence-electron chi connectivity index (χ3n) is 3.41. The standard InChI is InChI=1S/C17H15F3N2OS/c1-16(2,3)13-9-24-15(12(13)8-21)22-14(23)10-4-6-11(7-5-10)17(18,19)20/h4-7,9H,1-3H3,(H,22,23). The maximum Gasteiger partial charge on any atom is 0.416 e. The summed E-state index contributed by atoms with van der Waals surface area (Å²) in [5.74, 6) is -0.553. The lowest BCUT2D eigenvalue weighted by Crippen LogP contribution is -2.15. The van der Waals surface area contributed by atoms with Crippen molar-refractivity contribution in [1.29, 1.82) is 5.26 Å². The minimum absolute atomic E-state index is 0.0950. The molecule has 2 rings (SSSR count). The van der Waals surface area contributed by atoms with Gasteiger partial charge in [-0.3, -0.25) is 4.79 Å². The summed E-state index contributed by atoms with van der Waals surface area (Å²) in [7, 11) is 0. The fourth-order valence-electron chi connectivity index (χ4n) is 2.10. The second kappa shape index (κ2) is 6.29. The number of thiophene rings is 1. The van der Waals surface area contributed by atoms with Crippen LogP contribution in [-0.2, 0) is 11.6 Å². The molecule has 1 amide bonds. The molecule has 0 unspecified atom stereocenters. The van der Waals surface area contributed by atoms with Crippen LogP contribution in [-0.4, -0.2) is 5.91 Å². The molecule has 0 saturated carbocycles. The quantitative estimate of drug-likeness (QED) is 0.809. The molecule has 0 bridgehead atoms. The van der Waals surface area contributed by atoms with Crippen molar-refractivity contribution in [2.24, 2.45) is 0 Å². The number of nitrogens with one attached hydrogen (secondary N) is 1. The molecule has 1 heterocycles. The molecule has 0 aliphatic carbocycles. The Bertz CT molecular complexity index is 793. The monoisotopic (exact) mass is 352 g/mol. The van der Waals surface area contributed by atoms with Crippen molar-refractivity contribution >= 4 is 22.2 Å². The number of carbonyl (C=O) groups excluding carboxylic acids is 1. The fourth-order valence-corrected chi connectivity index (χ4v) is 3.23. The zero-order valence-corrected chi connectivity index (χ0v) is 14.1. The van der Waals surface area contributed by atoms with Gasteiger partial charge in [0.15, 0.2) is 0 Å². The van der Waals surface area contributed by atoms with Crippen LogP contribution in [0, 0.1) is 11.3 Å². The molecule has 0 atom stereocenters. The van der Waals surface area contributed by atoms with Crippen molar-refractivity contribution in [2.75, 3.05) is 5.32 Å². The average molecular weight is 352 g/mol. The minimum Gasteiger partial charge on any atom is -0.312 e. The van der Waals surface area contributed by atoms with Gasteiger partial charge in [0.1, 0.15) is 11.1 Å². The first-order valence-corrected chi connectivity index (χ1v) is 7.92. The van der Waals surface area contributed by atoms with E-state index in [2.05, 4.69) is 11.4 Å². The number of nitrogens with zero attached hydrogens (tertiary/aromatic N) is 1. The normalized spacial score (nSPS) is 11.9. The molecule has 2 aromatic rings. The van der Waals surface area contributed by atoms with E-state index in [0.29, 0.717) is 10.6 Å². The molecule has 7 heteroatoms. The van der Waals surface area contributed by atoms with Crippen LogP contribution in [0.4, 0.5) is 18.2 Å². The Kier molecular flexibility index (Phi) is 4.72. The number of carbonyl (C=O) groups is 1. The van der Waals surface area contributed by atoms with Gasteiger partial charge in [-0.15, -0.1) is 11.3 Å². The van der Waals surface area contributed by atoms with E-state index >= 15 is 0 Å². The van der Waals surface area contributed by atoms with E-state index in [-0.39, 0.29) is 11.0 Å². The molecular formula is C17H15F3N2OS. The first-order chi connectivity index (χ1) is 11.0. The van der Waals surface area contributed by atoms with E-state index < -0.39 is 17.6 Å². The summed E-state index contributed by atoms with van der Waals surface area (Å²) in [5.41, 5.74) is 0.227. The Hall–Kier alpha value is -2.33. The number of benzene rings is 1. The van der Waals surface area contributed by atoms with Crippen molar-refractivity contribution in [1.82, 2.24) is 0 Å². The Morgan fingerprint density at radius 1 is 1.17 bits per heavy atom. The summed E-state index contributed by atoms with van der Waals surface area (Å²) in [4.78, 5) is 12.2. The highest BCUT2D eigenvalue weighted by Gasteiger charge is 2.30. The van der Waals surface area contributed by atoms with Gasteiger partial charge in [-0.1, -0.05) is 20.8 Å². The predicted octanol–water partition coefficient (Wildman–Crippen LogP) is 5.19. The van der Waals surface area contributed by atoms with Crippen LogP contribution in [0.5, 0.6) is 0 Å². The van der Waals surface area contributed by atoms with Crippen molar-refractivity contribution in [2.45, 2.75) is 32.4 Å². The average Bonchev–Trinajstić information content (AvgIpc) is 2.89. The zero-order valence-electron chi connectivity index (χ0n) is 13.3. The predicted molar refractivity (Wildman–Crippen MR) is 87.1 cm³/mol. The topological polar surface area (TPSA) is 52.9 Å². The van der Waals surface area contributed by atoms with Gasteiger partial charge in [-0.05, 0) is 40.6 Å². The molecule has 0 fully saturated rings. The van der Waals surface area contributed by atoms with E-state index in [1.165, 1.54) is 11.3 Å². The molecule has 0 saturated heterocycles. The van der Waals surface area contributed by atoms with E-state index in [1.807, 2.05) is 20.8 Å². The summed E-state index contributed by atoms with van der Waals surface area (Å²) >= 11 is 1.22. The molecular weight excluding hydrogens is 337 g/mol. The molecule has 1 aromatic heterocycles. The van der Waals surface area contributed by atoms with Crippen molar-refractivity contribution in [3.63, 3.8) is 0 Å². The number of alkyl halides is 3. The highest BCUT2D eigenvalue weighted by atomic mass is 32.1. The van der Waals surface area contributed by atoms with Crippen LogP contribution in [0.15, 0.2) is 29.6 Å². The Morgan fingerprint density at radius 2 is 1.75 bits per heavy atom. The van der Waals surface area contributed by atoms with Gasteiger partial charge in [0.25, 0.3) is 5.91 Å². The maximum atomic E-state index is 12.5. The SMILES string of the molecule is CC(C)(C)c1csc(NC(=O)c2ccc(C(F)(F)F)cc2)c1C#N. The summed E-state index contributed by atoms with van der Waals surface area (Å²) in [6.07, 6.45) is -4.45. The van der Waals surface area contributed by atoms with Crippen LogP contribution in [0.2, 0.25) is 0 Å². The van der Waals surface area contributed by atoms with Gasteiger partial charge >= 0.3 is 6.18 Å². The summed E-state index contributed by atoms with van der Waals surface area (Å²) in [6.45, 7) is 5.87. The van der Waals surface area contributed by atoms with Crippen molar-refractivity contribution in [3.05, 3.63) is 51.9 Å². The largest absolute Gasteiger partial charge is 0.416 e. The molecule has 24 heavy (non-hydrogen) atoms. The first kappa shape index (κ1) is 18.0. The maximum absolute atomic E-state index is 12.5. The van der Waals surface area contributed by atoms with Crippen LogP contribution in [0.1, 0.15) is 47.8 Å². The summed E-state index contributed by atoms with van der Waals surface area (Å²) < 4.78 is 37.6. The smallest absolute Gasteiger partial charge is 0.312 e. The van der Waals surface area contributed by atoms with Gasteiger partial charge in [0.05, 0.1) is 11.1 Å². The molecule has 1 aromatic carbocycles. The van der Waals surface area contributed by atoms with E-state index in [1.54, 1.807) is 5.38 Å². The first-order valence-electron chi connectivity index (χ1n) is 7.04. The zero-order chi connectivity index (χ0) is 18.1. The second-order valence-electron chi connectivity index (χ2n) is 6.24. The second-order valence-corrected chi connectivity index (χ2v) is 7.12. The molecule has 126 valence electrons. The number of nitriles is 1. The number of anilines is 1. The van der Waals surface area contributed by atoms with E-state index in [0.717, 1.165) is 29.8 Å². The number of rotatable bonds is 2. The number of hydrogen-bond acceptors (Lipinski definition) is 3. The van der Waals surface area contributed by atoms with Crippen LogP contribution >= 0.6 is 11.3 Å². The van der Waals surface area contributed by atoms with Gasteiger partial charge in [0.2, 0.25) is 0 Å². The minimum atomic E-state index is -4.45. The number of amides is 1. The Labute approximate surface area is 141 Å². The lowest BCUT2D eigenvalue weighted by Gasteiger charge is -2.17. The van der Waals surface area contributed by atoms with Crippen molar-refractivity contribution in [3.8, 4) is 6.07 Å². The molecule has 0 aliphatic rings. The molecule has 0 aliphatic heterocycles. The summed E-state index contributed by atoms with van der Waals surface area (Å²) in [6, 6.07) is 6.02. The van der Waals surface area contributed by atoms with Gasteiger partial charge in [0, 0.05) is 5.56 Å². The summed E-state index contributed by atoms with van der Waals surface area (Å²) in [5, 5.41) is 14.1. The lowest BCUT2D eigenvalue weighted by molar-refractivity contribution is -0.137. The Morgan fingerprint density at radius 3 is 2.21 bits per heavy atom. The third kappa shape index (κ3) is 3.77. The van der Waals surface area contributed by atoms with E-state index in [4.69, 9.17) is 0 Å². The fraction of sp³-hybridized carbons (Fsp3) is 0.294. The number of hydrogen-bond donors (Lipinski definition) is 1. The molecule has 0 spiro atoms. The molecule has 1 N–H and O–H groups in total. The highest BCUT2D eigenvalue weighted by Crippen LogP contribution is 2.36. The van der Waals surface area contributed by atoms with Gasteiger partial charge in [-0.2, -0.15) is 18.4 Å². The Balaban J connectivity index is 2.25. The number of halogens is 3. The lowest BCUT2D eigenvalue weighted by atomic mass is 9.86. The molecule has 3 nitrogen and oxygen atoms in total. The van der Waals surface area contributed by atoms with Gasteiger partial charge < -0.3 is 5.32 Å². The van der Waals surface area contributed by atoms with Crippen LogP contribution in [0.3, 0.4) is 0 Å². The van der Waals surface area contributed by atoms with Gasteiger partial charge in [-0.25, -0.2) is 0 Å². The van der Waals surface area contributed by atoms with Crippen LogP contribution < -0.4 is 5.32 Å².